The van der Waals surface area contributed by atoms with E-state index in [1.165, 1.54) is 0 Å². The summed E-state index contributed by atoms with van der Waals surface area (Å²) in [6.07, 6.45) is 0. The first-order valence-corrected chi connectivity index (χ1v) is 6.79. The molecule has 1 fully saturated rings. The van der Waals surface area contributed by atoms with Crippen molar-refractivity contribution in [3.8, 4) is 0 Å². The van der Waals surface area contributed by atoms with Crippen LogP contribution < -0.4 is 16.4 Å². The number of nitrogens with one attached hydrogen (secondary N) is 2. The van der Waals surface area contributed by atoms with Gasteiger partial charge < -0.3 is 21.1 Å². The van der Waals surface area contributed by atoms with Crippen molar-refractivity contribution in [1.82, 2.24) is 10.2 Å². The highest BCUT2D eigenvalue weighted by molar-refractivity contribution is 5.95. The van der Waals surface area contributed by atoms with Crippen LogP contribution >= 0.6 is 0 Å². The Bertz CT molecular complexity index is 521. The second-order valence-corrected chi connectivity index (χ2v) is 4.81. The molecule has 21 heavy (non-hydrogen) atoms. The van der Waals surface area contributed by atoms with Crippen LogP contribution in [-0.2, 0) is 14.3 Å². The third-order valence-corrected chi connectivity index (χ3v) is 3.37. The van der Waals surface area contributed by atoms with Crippen LogP contribution in [0, 0.1) is 0 Å². The van der Waals surface area contributed by atoms with Crippen molar-refractivity contribution in [3.63, 3.8) is 0 Å². The van der Waals surface area contributed by atoms with Crippen LogP contribution in [0.25, 0.3) is 0 Å². The maximum absolute atomic E-state index is 12.1. The summed E-state index contributed by atoms with van der Waals surface area (Å²) in [5.74, 6) is -0.356. The zero-order valence-corrected chi connectivity index (χ0v) is 12.0. The molecule has 2 rings (SSSR count). The molecule has 1 aromatic rings. The standard InChI is InChI=1S/C14H20N4O3/c1-16-14(20)12-9-21-7-6-18(12)8-13(19)17-11-5-3-2-4-10(11)15/h2-5,12H,6-9,15H2,1H3,(H,16,20)(H,17,19). The highest BCUT2D eigenvalue weighted by Gasteiger charge is 2.30. The first-order chi connectivity index (χ1) is 10.1. The van der Waals surface area contributed by atoms with E-state index >= 15 is 0 Å². The molecular weight excluding hydrogens is 272 g/mol. The second-order valence-electron chi connectivity index (χ2n) is 4.81. The van der Waals surface area contributed by atoms with Crippen molar-refractivity contribution in [2.75, 3.05) is 44.4 Å². The molecule has 1 unspecified atom stereocenters. The number of amides is 2. The lowest BCUT2D eigenvalue weighted by Gasteiger charge is -2.33. The quantitative estimate of drug-likeness (QED) is 0.659. The molecule has 114 valence electrons. The predicted molar refractivity (Wildman–Crippen MR) is 79.7 cm³/mol. The lowest BCUT2D eigenvalue weighted by molar-refractivity contribution is -0.133. The number of carbonyl (C=O) groups excluding carboxylic acids is 2. The highest BCUT2D eigenvalue weighted by Crippen LogP contribution is 2.17. The monoisotopic (exact) mass is 292 g/mol. The van der Waals surface area contributed by atoms with Gasteiger partial charge in [-0.05, 0) is 12.1 Å². The largest absolute Gasteiger partial charge is 0.397 e. The van der Waals surface area contributed by atoms with Gasteiger partial charge in [0.2, 0.25) is 11.8 Å². The summed E-state index contributed by atoms with van der Waals surface area (Å²) in [7, 11) is 1.57. The first kappa shape index (κ1) is 15.3. The van der Waals surface area contributed by atoms with Gasteiger partial charge >= 0.3 is 0 Å². The smallest absolute Gasteiger partial charge is 0.239 e. The van der Waals surface area contributed by atoms with Crippen molar-refractivity contribution < 1.29 is 14.3 Å². The number of hydrogen-bond donors (Lipinski definition) is 3. The first-order valence-electron chi connectivity index (χ1n) is 6.79. The minimum atomic E-state index is -0.442. The zero-order chi connectivity index (χ0) is 15.2. The molecule has 1 saturated heterocycles. The third kappa shape index (κ3) is 3.93. The number of nitrogens with two attached hydrogens (primary N) is 1. The Morgan fingerprint density at radius 2 is 2.19 bits per heavy atom. The average molecular weight is 292 g/mol. The normalized spacial score (nSPS) is 19.0. The van der Waals surface area contributed by atoms with E-state index < -0.39 is 6.04 Å². The molecule has 1 atom stereocenters. The van der Waals surface area contributed by atoms with Crippen LogP contribution in [0.5, 0.6) is 0 Å². The van der Waals surface area contributed by atoms with Crippen LogP contribution in [-0.4, -0.2) is 56.1 Å². The van der Waals surface area contributed by atoms with Crippen molar-refractivity contribution in [1.29, 1.82) is 0 Å². The third-order valence-electron chi connectivity index (χ3n) is 3.37. The van der Waals surface area contributed by atoms with Gasteiger partial charge in [-0.3, -0.25) is 14.5 Å². The minimum Gasteiger partial charge on any atom is -0.397 e. The molecule has 1 aromatic carbocycles. The Morgan fingerprint density at radius 1 is 1.43 bits per heavy atom. The molecule has 4 N–H and O–H groups in total. The number of nitrogens with zero attached hydrogens (tertiary/aromatic N) is 1. The molecule has 2 amide bonds. The fraction of sp³-hybridized carbons (Fsp3) is 0.429. The summed E-state index contributed by atoms with van der Waals surface area (Å²) in [6, 6.07) is 6.62. The van der Waals surface area contributed by atoms with E-state index in [2.05, 4.69) is 10.6 Å². The number of para-hydroxylation sites is 2. The molecule has 0 aliphatic carbocycles. The number of likely N-dealkylation sites (N-methyl/N-ethyl adjacent to an activating group) is 1. The molecule has 1 aliphatic rings. The van der Waals surface area contributed by atoms with E-state index in [0.717, 1.165) is 0 Å². The number of ether oxygens (including phenoxy) is 1. The molecule has 0 bridgehead atoms. The molecule has 0 saturated carbocycles. The van der Waals surface area contributed by atoms with Crippen LogP contribution in [0.1, 0.15) is 0 Å². The van der Waals surface area contributed by atoms with E-state index in [-0.39, 0.29) is 18.4 Å². The maximum atomic E-state index is 12.1. The van der Waals surface area contributed by atoms with Crippen molar-refractivity contribution in [2.45, 2.75) is 6.04 Å². The van der Waals surface area contributed by atoms with E-state index in [9.17, 15) is 9.59 Å². The number of nitrogen functional groups attached to an aromatic ring is 1. The van der Waals surface area contributed by atoms with Crippen molar-refractivity contribution in [3.05, 3.63) is 24.3 Å². The van der Waals surface area contributed by atoms with E-state index in [0.29, 0.717) is 31.1 Å². The number of morpholine rings is 1. The Labute approximate surface area is 123 Å². The zero-order valence-electron chi connectivity index (χ0n) is 12.0. The number of hydrogen-bond acceptors (Lipinski definition) is 5. The molecule has 7 heteroatoms. The van der Waals surface area contributed by atoms with E-state index in [1.54, 1.807) is 36.2 Å². The summed E-state index contributed by atoms with van der Waals surface area (Å²) >= 11 is 0. The molecule has 1 heterocycles. The summed E-state index contributed by atoms with van der Waals surface area (Å²) in [5.41, 5.74) is 6.87. The van der Waals surface area contributed by atoms with Crippen molar-refractivity contribution >= 4 is 23.2 Å². The molecule has 0 spiro atoms. The van der Waals surface area contributed by atoms with Crippen molar-refractivity contribution in [2.24, 2.45) is 0 Å². The maximum Gasteiger partial charge on any atom is 0.239 e. The van der Waals surface area contributed by atoms with Gasteiger partial charge in [0.05, 0.1) is 31.1 Å². The van der Waals surface area contributed by atoms with Gasteiger partial charge in [0, 0.05) is 13.6 Å². The molecule has 7 nitrogen and oxygen atoms in total. The van der Waals surface area contributed by atoms with Gasteiger partial charge in [-0.15, -0.1) is 0 Å². The number of anilines is 2. The molecule has 0 aromatic heterocycles. The molecule has 1 aliphatic heterocycles. The second kappa shape index (κ2) is 7.05. The number of rotatable bonds is 4. The summed E-state index contributed by atoms with van der Waals surface area (Å²) in [6.45, 7) is 1.46. The fourth-order valence-corrected chi connectivity index (χ4v) is 2.22. The Balaban J connectivity index is 1.97. The number of benzene rings is 1. The Kier molecular flexibility index (Phi) is 5.13. The lowest BCUT2D eigenvalue weighted by Crippen LogP contribution is -2.55. The summed E-state index contributed by atoms with van der Waals surface area (Å²) in [5, 5.41) is 5.34. The minimum absolute atomic E-state index is 0.121. The average Bonchev–Trinajstić information content (AvgIpc) is 2.49. The van der Waals surface area contributed by atoms with Crippen LogP contribution in [0.2, 0.25) is 0 Å². The topological polar surface area (TPSA) is 96.7 Å². The summed E-state index contributed by atoms with van der Waals surface area (Å²) < 4.78 is 5.30. The highest BCUT2D eigenvalue weighted by atomic mass is 16.5. The van der Waals surface area contributed by atoms with E-state index in [1.807, 2.05) is 0 Å². The SMILES string of the molecule is CNC(=O)C1COCCN1CC(=O)Nc1ccccc1N. The van der Waals surface area contributed by atoms with Gasteiger partial charge in [-0.25, -0.2) is 0 Å². The van der Waals surface area contributed by atoms with Crippen LogP contribution in [0.15, 0.2) is 24.3 Å². The van der Waals surface area contributed by atoms with Gasteiger partial charge in [0.1, 0.15) is 6.04 Å². The summed E-state index contributed by atoms with van der Waals surface area (Å²) in [4.78, 5) is 25.7. The predicted octanol–water partition coefficient (Wildman–Crippen LogP) is -0.346. The fourth-order valence-electron chi connectivity index (χ4n) is 2.22. The molecule has 0 radical (unpaired) electrons. The van der Waals surface area contributed by atoms with E-state index in [4.69, 9.17) is 10.5 Å². The molecular formula is C14H20N4O3. The van der Waals surface area contributed by atoms with Gasteiger partial charge in [-0.2, -0.15) is 0 Å². The Morgan fingerprint density at radius 3 is 2.90 bits per heavy atom. The van der Waals surface area contributed by atoms with Gasteiger partial charge in [-0.1, -0.05) is 12.1 Å². The Hall–Kier alpha value is -2.12. The van der Waals surface area contributed by atoms with Crippen LogP contribution in [0.4, 0.5) is 11.4 Å². The van der Waals surface area contributed by atoms with Gasteiger partial charge in [0.15, 0.2) is 0 Å². The lowest BCUT2D eigenvalue weighted by atomic mass is 10.2. The van der Waals surface area contributed by atoms with Gasteiger partial charge in [0.25, 0.3) is 0 Å². The number of carbonyl (C=O) groups is 2. The van der Waals surface area contributed by atoms with Crippen LogP contribution in [0.3, 0.4) is 0 Å².